The molecule has 2 atom stereocenters. The second-order valence-electron chi connectivity index (χ2n) is 7.53. The standard InChI is InChI=1S/C22H26Cl2N2O3.3FH/c1-15(27)25-21-11-19(24)6-7-22(21)29-14-20(28)13-26-9-8-17(12-26)10-16-2-4-18(23)5-3-16;;;/h2-7,11,17,20,28H,8-10,12-14H2,1H3,(H,25,27);3*1H. The van der Waals surface area contributed by atoms with Crippen molar-refractivity contribution in [1.82, 2.24) is 4.90 Å². The summed E-state index contributed by atoms with van der Waals surface area (Å²) >= 11 is 11.9. The third-order valence-corrected chi connectivity index (χ3v) is 5.45. The molecule has 180 valence electrons. The summed E-state index contributed by atoms with van der Waals surface area (Å²) in [5.41, 5.74) is 1.79. The molecule has 1 aliphatic rings. The summed E-state index contributed by atoms with van der Waals surface area (Å²) < 4.78 is 5.74. The molecule has 0 aliphatic carbocycles. The van der Waals surface area contributed by atoms with Crippen molar-refractivity contribution in [2.75, 3.05) is 31.6 Å². The largest absolute Gasteiger partial charge is 0.489 e. The van der Waals surface area contributed by atoms with Crippen LogP contribution in [0.25, 0.3) is 0 Å². The van der Waals surface area contributed by atoms with E-state index in [0.29, 0.717) is 28.9 Å². The van der Waals surface area contributed by atoms with Gasteiger partial charge in [0, 0.05) is 30.1 Å². The lowest BCUT2D eigenvalue weighted by Gasteiger charge is -2.21. The first-order valence-corrected chi connectivity index (χ1v) is 10.5. The predicted octanol–water partition coefficient (Wildman–Crippen LogP) is 4.71. The summed E-state index contributed by atoms with van der Waals surface area (Å²) in [5.74, 6) is 0.860. The molecule has 1 heterocycles. The first kappa shape index (κ1) is 30.0. The van der Waals surface area contributed by atoms with E-state index >= 15 is 0 Å². The Morgan fingerprint density at radius 2 is 1.81 bits per heavy atom. The number of ether oxygens (including phenoxy) is 1. The van der Waals surface area contributed by atoms with E-state index in [1.807, 2.05) is 12.1 Å². The minimum Gasteiger partial charge on any atom is -0.489 e. The zero-order valence-electron chi connectivity index (χ0n) is 17.6. The fraction of sp³-hybridized carbons (Fsp3) is 0.409. The van der Waals surface area contributed by atoms with E-state index in [1.54, 1.807) is 18.2 Å². The number of hydrogen-bond acceptors (Lipinski definition) is 4. The van der Waals surface area contributed by atoms with E-state index in [-0.39, 0.29) is 26.6 Å². The van der Waals surface area contributed by atoms with Gasteiger partial charge in [-0.15, -0.1) is 0 Å². The lowest BCUT2D eigenvalue weighted by Crippen LogP contribution is -2.34. The second kappa shape index (κ2) is 14.2. The van der Waals surface area contributed by atoms with E-state index in [4.69, 9.17) is 27.9 Å². The number of hydrogen-bond donors (Lipinski definition) is 2. The van der Waals surface area contributed by atoms with Crippen molar-refractivity contribution in [2.45, 2.75) is 25.9 Å². The highest BCUT2D eigenvalue weighted by atomic mass is 35.5. The minimum absolute atomic E-state index is 0. The summed E-state index contributed by atoms with van der Waals surface area (Å²) in [7, 11) is 0. The molecule has 1 aliphatic heterocycles. The minimum atomic E-state index is -0.620. The van der Waals surface area contributed by atoms with Gasteiger partial charge in [0.1, 0.15) is 18.5 Å². The molecule has 2 N–H and O–H groups in total. The molecule has 2 aromatic rings. The van der Waals surface area contributed by atoms with Gasteiger partial charge in [0.15, 0.2) is 0 Å². The Morgan fingerprint density at radius 3 is 2.47 bits per heavy atom. The van der Waals surface area contributed by atoms with Gasteiger partial charge in [0.05, 0.1) is 5.69 Å². The van der Waals surface area contributed by atoms with Gasteiger partial charge >= 0.3 is 0 Å². The number of anilines is 1. The third kappa shape index (κ3) is 9.24. The number of nitrogens with zero attached hydrogens (tertiary/aromatic N) is 1. The normalized spacial score (nSPS) is 16.2. The number of rotatable bonds is 8. The van der Waals surface area contributed by atoms with Crippen molar-refractivity contribution in [3.63, 3.8) is 0 Å². The summed E-state index contributed by atoms with van der Waals surface area (Å²) in [6.07, 6.45) is 1.51. The van der Waals surface area contributed by atoms with Crippen LogP contribution in [0.2, 0.25) is 10.0 Å². The van der Waals surface area contributed by atoms with Gasteiger partial charge in [-0.05, 0) is 61.2 Å². The Morgan fingerprint density at radius 1 is 1.16 bits per heavy atom. The van der Waals surface area contributed by atoms with Gasteiger partial charge < -0.3 is 20.1 Å². The number of aliphatic hydroxyl groups excluding tert-OH is 1. The fourth-order valence-corrected chi connectivity index (χ4v) is 3.95. The molecule has 1 fully saturated rings. The van der Waals surface area contributed by atoms with Gasteiger partial charge in [-0.3, -0.25) is 18.9 Å². The number of amides is 1. The average molecular weight is 497 g/mol. The van der Waals surface area contributed by atoms with Crippen molar-refractivity contribution in [1.29, 1.82) is 0 Å². The maximum absolute atomic E-state index is 11.4. The smallest absolute Gasteiger partial charge is 0.221 e. The molecule has 0 aromatic heterocycles. The molecule has 2 unspecified atom stereocenters. The number of likely N-dealkylation sites (tertiary alicyclic amines) is 1. The molecule has 0 radical (unpaired) electrons. The number of carbonyl (C=O) groups excluding carboxylic acids is 1. The molecule has 1 amide bonds. The Hall–Kier alpha value is -2.00. The molecule has 10 heteroatoms. The summed E-state index contributed by atoms with van der Waals surface area (Å²) in [4.78, 5) is 13.6. The average Bonchev–Trinajstić information content (AvgIpc) is 3.09. The Kier molecular flexibility index (Phi) is 13.3. The van der Waals surface area contributed by atoms with E-state index in [9.17, 15) is 9.90 Å². The van der Waals surface area contributed by atoms with Gasteiger partial charge in [-0.2, -0.15) is 0 Å². The van der Waals surface area contributed by atoms with Crippen LogP contribution >= 0.6 is 23.2 Å². The van der Waals surface area contributed by atoms with Crippen LogP contribution in [-0.2, 0) is 11.2 Å². The highest BCUT2D eigenvalue weighted by Crippen LogP contribution is 2.28. The summed E-state index contributed by atoms with van der Waals surface area (Å²) in [6.45, 7) is 4.05. The highest BCUT2D eigenvalue weighted by molar-refractivity contribution is 6.31. The number of nitrogens with one attached hydrogen (secondary N) is 1. The van der Waals surface area contributed by atoms with E-state index in [1.165, 1.54) is 12.5 Å². The lowest BCUT2D eigenvalue weighted by atomic mass is 9.99. The highest BCUT2D eigenvalue weighted by Gasteiger charge is 2.24. The zero-order valence-corrected chi connectivity index (χ0v) is 19.1. The quantitative estimate of drug-likeness (QED) is 0.555. The number of benzene rings is 2. The van der Waals surface area contributed by atoms with Crippen molar-refractivity contribution in [3.8, 4) is 5.75 Å². The van der Waals surface area contributed by atoms with Crippen molar-refractivity contribution in [2.24, 2.45) is 5.92 Å². The van der Waals surface area contributed by atoms with Crippen LogP contribution in [0, 0.1) is 5.92 Å². The summed E-state index contributed by atoms with van der Waals surface area (Å²) in [5, 5.41) is 14.4. The Bertz CT molecular complexity index is 844. The van der Waals surface area contributed by atoms with Gasteiger partial charge in [-0.25, -0.2) is 0 Å². The molecule has 32 heavy (non-hydrogen) atoms. The predicted molar refractivity (Wildman–Crippen MR) is 124 cm³/mol. The van der Waals surface area contributed by atoms with Gasteiger partial charge in [0.25, 0.3) is 0 Å². The van der Waals surface area contributed by atoms with Gasteiger partial charge in [0.2, 0.25) is 5.91 Å². The van der Waals surface area contributed by atoms with Crippen molar-refractivity contribution in [3.05, 3.63) is 58.1 Å². The van der Waals surface area contributed by atoms with Crippen LogP contribution < -0.4 is 10.1 Å². The molecule has 3 rings (SSSR count). The molecule has 0 saturated carbocycles. The first-order chi connectivity index (χ1) is 13.9. The first-order valence-electron chi connectivity index (χ1n) is 9.74. The van der Waals surface area contributed by atoms with E-state index in [2.05, 4.69) is 22.3 Å². The SMILES string of the molecule is CC(=O)Nc1cc(Cl)ccc1OCC(O)CN1CCC(Cc2ccc(Cl)cc2)C1.F.F.F. The number of aliphatic hydroxyl groups is 1. The molecule has 0 spiro atoms. The van der Waals surface area contributed by atoms with E-state index < -0.39 is 6.10 Å². The van der Waals surface area contributed by atoms with Crippen LogP contribution in [0.3, 0.4) is 0 Å². The lowest BCUT2D eigenvalue weighted by molar-refractivity contribution is -0.114. The molecular weight excluding hydrogens is 468 g/mol. The van der Waals surface area contributed by atoms with Crippen LogP contribution in [-0.4, -0.2) is 48.3 Å². The third-order valence-electron chi connectivity index (χ3n) is 4.96. The van der Waals surface area contributed by atoms with Gasteiger partial charge in [-0.1, -0.05) is 35.3 Å². The topological polar surface area (TPSA) is 61.8 Å². The van der Waals surface area contributed by atoms with Crippen LogP contribution in [0.15, 0.2) is 42.5 Å². The fourth-order valence-electron chi connectivity index (χ4n) is 3.65. The molecule has 0 bridgehead atoms. The monoisotopic (exact) mass is 496 g/mol. The number of β-amino-alcohol motifs (C(OH)–C–C–N with tert-alkyl or cyclic N) is 1. The second-order valence-corrected chi connectivity index (χ2v) is 8.40. The molecule has 5 nitrogen and oxygen atoms in total. The zero-order chi connectivity index (χ0) is 20.8. The van der Waals surface area contributed by atoms with Crippen LogP contribution in [0.5, 0.6) is 5.75 Å². The van der Waals surface area contributed by atoms with Crippen molar-refractivity contribution >= 4 is 34.8 Å². The Labute approximate surface area is 195 Å². The molecular formula is C22H29Cl2F3N2O3. The molecule has 1 saturated heterocycles. The van der Waals surface area contributed by atoms with Crippen molar-refractivity contribution < 1.29 is 28.8 Å². The summed E-state index contributed by atoms with van der Waals surface area (Å²) in [6, 6.07) is 13.0. The number of halogens is 5. The maximum atomic E-state index is 11.4. The van der Waals surface area contributed by atoms with Crippen LogP contribution in [0.4, 0.5) is 19.8 Å². The number of carbonyl (C=O) groups is 1. The van der Waals surface area contributed by atoms with E-state index in [0.717, 1.165) is 31.0 Å². The van der Waals surface area contributed by atoms with Crippen LogP contribution in [0.1, 0.15) is 18.9 Å². The maximum Gasteiger partial charge on any atom is 0.221 e. The Balaban J connectivity index is 0.00000320. The molecule has 2 aromatic carbocycles.